The number of nitrogens with zero attached hydrogens (tertiary/aromatic N) is 3. The van der Waals surface area contributed by atoms with Gasteiger partial charge >= 0.3 is 0 Å². The lowest BCUT2D eigenvalue weighted by Crippen LogP contribution is -1.93. The molecular weight excluding hydrogens is 178 g/mol. The molecule has 12 heavy (non-hydrogen) atoms. The Kier molecular flexibility index (Phi) is 1.71. The Labute approximate surface area is 73.4 Å². The van der Waals surface area contributed by atoms with Gasteiger partial charge in [0, 0.05) is 11.8 Å². The van der Waals surface area contributed by atoms with Crippen molar-refractivity contribution < 1.29 is 5.11 Å². The van der Waals surface area contributed by atoms with Gasteiger partial charge in [0.05, 0.1) is 6.61 Å². The first-order chi connectivity index (χ1) is 5.83. The highest BCUT2D eigenvalue weighted by Gasteiger charge is 2.06. The van der Waals surface area contributed by atoms with Gasteiger partial charge in [-0.1, -0.05) is 11.6 Å². The average molecular weight is 184 g/mol. The third-order valence-corrected chi connectivity index (χ3v) is 1.94. The van der Waals surface area contributed by atoms with Gasteiger partial charge in [-0.25, -0.2) is 9.50 Å². The fourth-order valence-corrected chi connectivity index (χ4v) is 1.36. The van der Waals surface area contributed by atoms with Crippen molar-refractivity contribution in [1.82, 2.24) is 14.6 Å². The first-order valence-corrected chi connectivity index (χ1v) is 3.78. The standard InChI is InChI=1S/C7H6ClN3O/c8-7-6-5(3-12)1-2-11(6)10-4-9-7/h1-2,4,12H,3H2. The molecule has 0 radical (unpaired) electrons. The fraction of sp³-hybridized carbons (Fsp3) is 0.143. The second kappa shape index (κ2) is 2.73. The highest BCUT2D eigenvalue weighted by molar-refractivity contribution is 6.32. The molecule has 62 valence electrons. The Bertz CT molecular complexity index is 412. The number of hydrogen-bond donors (Lipinski definition) is 1. The number of rotatable bonds is 1. The summed E-state index contributed by atoms with van der Waals surface area (Å²) in [6.07, 6.45) is 3.10. The minimum atomic E-state index is -0.0520. The van der Waals surface area contributed by atoms with E-state index in [9.17, 15) is 0 Å². The predicted octanol–water partition coefficient (Wildman–Crippen LogP) is 0.875. The molecule has 2 heterocycles. The third kappa shape index (κ3) is 0.964. The SMILES string of the molecule is OCc1ccn2ncnc(Cl)c12. The summed E-state index contributed by atoms with van der Waals surface area (Å²) in [5, 5.41) is 13.2. The Hall–Kier alpha value is -1.13. The molecule has 0 aliphatic heterocycles. The lowest BCUT2D eigenvalue weighted by molar-refractivity contribution is 0.283. The van der Waals surface area contributed by atoms with Crippen LogP contribution in [-0.2, 0) is 6.61 Å². The summed E-state index contributed by atoms with van der Waals surface area (Å²) in [4.78, 5) is 3.81. The second-order valence-corrected chi connectivity index (χ2v) is 2.70. The van der Waals surface area contributed by atoms with Gasteiger partial charge in [0.1, 0.15) is 11.8 Å². The monoisotopic (exact) mass is 183 g/mol. The van der Waals surface area contributed by atoms with Crippen LogP contribution in [0.1, 0.15) is 5.56 Å². The number of aromatic nitrogens is 3. The molecule has 0 unspecified atom stereocenters. The molecule has 0 spiro atoms. The molecule has 2 rings (SSSR count). The molecule has 4 nitrogen and oxygen atoms in total. The Morgan fingerprint density at radius 1 is 1.58 bits per heavy atom. The summed E-state index contributed by atoms with van der Waals surface area (Å²) in [7, 11) is 0. The van der Waals surface area contributed by atoms with Gasteiger partial charge in [0.2, 0.25) is 0 Å². The summed E-state index contributed by atoms with van der Waals surface area (Å²) in [6.45, 7) is -0.0520. The van der Waals surface area contributed by atoms with Crippen molar-refractivity contribution in [2.24, 2.45) is 0 Å². The summed E-state index contributed by atoms with van der Waals surface area (Å²) in [5.41, 5.74) is 1.40. The van der Waals surface area contributed by atoms with Crippen LogP contribution in [0, 0.1) is 0 Å². The minimum Gasteiger partial charge on any atom is -0.392 e. The van der Waals surface area contributed by atoms with E-state index in [-0.39, 0.29) is 6.61 Å². The van der Waals surface area contributed by atoms with Gasteiger partial charge in [0.15, 0.2) is 5.15 Å². The van der Waals surface area contributed by atoms with Crippen LogP contribution in [0.3, 0.4) is 0 Å². The molecule has 0 saturated heterocycles. The number of halogens is 1. The lowest BCUT2D eigenvalue weighted by Gasteiger charge is -1.96. The zero-order valence-corrected chi connectivity index (χ0v) is 6.86. The molecule has 2 aromatic heterocycles. The first kappa shape index (κ1) is 7.52. The Balaban J connectivity index is 2.83. The molecule has 0 atom stereocenters. The topological polar surface area (TPSA) is 50.4 Å². The van der Waals surface area contributed by atoms with Crippen LogP contribution < -0.4 is 0 Å². The minimum absolute atomic E-state index is 0.0520. The van der Waals surface area contributed by atoms with E-state index in [0.29, 0.717) is 10.7 Å². The van der Waals surface area contributed by atoms with Crippen LogP contribution in [0.5, 0.6) is 0 Å². The van der Waals surface area contributed by atoms with Crippen LogP contribution in [-0.4, -0.2) is 19.7 Å². The zero-order chi connectivity index (χ0) is 8.55. The number of hydrogen-bond acceptors (Lipinski definition) is 3. The van der Waals surface area contributed by atoms with Crippen LogP contribution in [0.4, 0.5) is 0 Å². The number of aliphatic hydroxyl groups excluding tert-OH is 1. The molecule has 1 N–H and O–H groups in total. The van der Waals surface area contributed by atoms with Gasteiger partial charge in [-0.3, -0.25) is 0 Å². The summed E-state index contributed by atoms with van der Waals surface area (Å²) < 4.78 is 1.58. The van der Waals surface area contributed by atoms with E-state index in [1.54, 1.807) is 16.8 Å². The normalized spacial score (nSPS) is 10.8. The van der Waals surface area contributed by atoms with E-state index in [2.05, 4.69) is 10.1 Å². The maximum atomic E-state index is 8.92. The molecular formula is C7H6ClN3O. The third-order valence-electron chi connectivity index (χ3n) is 1.66. The quantitative estimate of drug-likeness (QED) is 0.714. The van der Waals surface area contributed by atoms with E-state index in [1.807, 2.05) is 0 Å². The summed E-state index contributed by atoms with van der Waals surface area (Å²) in [5.74, 6) is 0. The van der Waals surface area contributed by atoms with Crippen molar-refractivity contribution in [3.05, 3.63) is 29.3 Å². The summed E-state index contributed by atoms with van der Waals surface area (Å²) >= 11 is 5.80. The van der Waals surface area contributed by atoms with Crippen molar-refractivity contribution >= 4 is 17.1 Å². The van der Waals surface area contributed by atoms with Crippen molar-refractivity contribution in [3.63, 3.8) is 0 Å². The number of fused-ring (bicyclic) bond motifs is 1. The van der Waals surface area contributed by atoms with Gasteiger partial charge in [-0.2, -0.15) is 5.10 Å². The predicted molar refractivity (Wildman–Crippen MR) is 43.9 cm³/mol. The van der Waals surface area contributed by atoms with E-state index in [0.717, 1.165) is 5.56 Å². The average Bonchev–Trinajstić information content (AvgIpc) is 2.49. The maximum Gasteiger partial charge on any atom is 0.156 e. The van der Waals surface area contributed by atoms with E-state index < -0.39 is 0 Å². The van der Waals surface area contributed by atoms with Crippen LogP contribution in [0.15, 0.2) is 18.6 Å². The molecule has 0 amide bonds. The molecule has 0 saturated carbocycles. The zero-order valence-electron chi connectivity index (χ0n) is 6.11. The molecule has 0 aliphatic carbocycles. The largest absolute Gasteiger partial charge is 0.392 e. The fourth-order valence-electron chi connectivity index (χ4n) is 1.11. The first-order valence-electron chi connectivity index (χ1n) is 3.40. The molecule has 5 heteroatoms. The van der Waals surface area contributed by atoms with E-state index >= 15 is 0 Å². The van der Waals surface area contributed by atoms with Gasteiger partial charge in [-0.05, 0) is 6.07 Å². The second-order valence-electron chi connectivity index (χ2n) is 2.34. The van der Waals surface area contributed by atoms with Crippen LogP contribution >= 0.6 is 11.6 Å². The van der Waals surface area contributed by atoms with Gasteiger partial charge in [0.25, 0.3) is 0 Å². The smallest absolute Gasteiger partial charge is 0.156 e. The lowest BCUT2D eigenvalue weighted by atomic mass is 10.3. The maximum absolute atomic E-state index is 8.92. The Morgan fingerprint density at radius 3 is 3.17 bits per heavy atom. The molecule has 2 aromatic rings. The Morgan fingerprint density at radius 2 is 2.42 bits per heavy atom. The number of aliphatic hydroxyl groups is 1. The molecule has 0 fully saturated rings. The highest BCUT2D eigenvalue weighted by atomic mass is 35.5. The van der Waals surface area contributed by atoms with Gasteiger partial charge < -0.3 is 5.11 Å². The highest BCUT2D eigenvalue weighted by Crippen LogP contribution is 2.18. The van der Waals surface area contributed by atoms with Crippen molar-refractivity contribution in [3.8, 4) is 0 Å². The summed E-state index contributed by atoms with van der Waals surface area (Å²) in [6, 6.07) is 1.76. The molecule has 0 aliphatic rings. The molecule has 0 aromatic carbocycles. The van der Waals surface area contributed by atoms with E-state index in [1.165, 1.54) is 6.33 Å². The van der Waals surface area contributed by atoms with Gasteiger partial charge in [-0.15, -0.1) is 0 Å². The van der Waals surface area contributed by atoms with E-state index in [4.69, 9.17) is 16.7 Å². The van der Waals surface area contributed by atoms with Crippen LogP contribution in [0.25, 0.3) is 5.52 Å². The molecule has 0 bridgehead atoms. The van der Waals surface area contributed by atoms with Crippen LogP contribution in [0.2, 0.25) is 5.15 Å². The van der Waals surface area contributed by atoms with Crippen molar-refractivity contribution in [2.75, 3.05) is 0 Å². The van der Waals surface area contributed by atoms with Crippen molar-refractivity contribution in [2.45, 2.75) is 6.61 Å². The van der Waals surface area contributed by atoms with Crippen molar-refractivity contribution in [1.29, 1.82) is 0 Å².